The zero-order chi connectivity index (χ0) is 22.7. The lowest BCUT2D eigenvalue weighted by molar-refractivity contribution is -0.121. The van der Waals surface area contributed by atoms with Crippen LogP contribution in [0.4, 0.5) is 5.00 Å². The lowest BCUT2D eigenvalue weighted by Crippen LogP contribution is -2.53. The molecular formula is C23H29ClN4O3S. The summed E-state index contributed by atoms with van der Waals surface area (Å²) in [4.78, 5) is 30.6. The molecule has 172 valence electrons. The van der Waals surface area contributed by atoms with Gasteiger partial charge in [-0.1, -0.05) is 23.7 Å². The molecule has 32 heavy (non-hydrogen) atoms. The van der Waals surface area contributed by atoms with E-state index in [9.17, 15) is 9.59 Å². The molecule has 1 aromatic carbocycles. The Bertz CT molecular complexity index is 988. The van der Waals surface area contributed by atoms with Gasteiger partial charge in [-0.15, -0.1) is 11.3 Å². The number of para-hydroxylation sites is 1. The second kappa shape index (κ2) is 10.2. The summed E-state index contributed by atoms with van der Waals surface area (Å²) in [5, 5.41) is 4.20. The number of amides is 2. The second-order valence-corrected chi connectivity index (χ2v) is 9.76. The summed E-state index contributed by atoms with van der Waals surface area (Å²) in [6, 6.07) is 7.19. The van der Waals surface area contributed by atoms with Gasteiger partial charge >= 0.3 is 0 Å². The van der Waals surface area contributed by atoms with Crippen molar-refractivity contribution in [1.82, 2.24) is 9.80 Å². The van der Waals surface area contributed by atoms with Gasteiger partial charge in [0.1, 0.15) is 17.4 Å². The number of halogens is 1. The number of piperazine rings is 1. The van der Waals surface area contributed by atoms with Crippen LogP contribution in [0.2, 0.25) is 5.02 Å². The molecule has 7 nitrogen and oxygen atoms in total. The maximum absolute atomic E-state index is 12.9. The van der Waals surface area contributed by atoms with E-state index < -0.39 is 5.91 Å². The summed E-state index contributed by atoms with van der Waals surface area (Å²) in [6.07, 6.45) is 2.85. The predicted octanol–water partition coefficient (Wildman–Crippen LogP) is 3.01. The van der Waals surface area contributed by atoms with Crippen molar-refractivity contribution in [2.24, 2.45) is 5.73 Å². The number of anilines is 1. The molecule has 0 saturated carbocycles. The van der Waals surface area contributed by atoms with Crippen molar-refractivity contribution in [2.45, 2.75) is 32.2 Å². The molecule has 0 bridgehead atoms. The quantitative estimate of drug-likeness (QED) is 0.611. The number of carbonyl (C=O) groups excluding carboxylic acids is 2. The third-order valence-electron chi connectivity index (χ3n) is 6.24. The Labute approximate surface area is 197 Å². The minimum atomic E-state index is -0.458. The van der Waals surface area contributed by atoms with Crippen molar-refractivity contribution < 1.29 is 14.3 Å². The molecule has 1 aliphatic heterocycles. The number of carbonyl (C=O) groups is 2. The van der Waals surface area contributed by atoms with E-state index in [1.165, 1.54) is 16.2 Å². The van der Waals surface area contributed by atoms with Crippen molar-refractivity contribution >= 4 is 39.8 Å². The van der Waals surface area contributed by atoms with Gasteiger partial charge in [0.05, 0.1) is 16.6 Å². The number of thiophene rings is 1. The lowest BCUT2D eigenvalue weighted by atomic mass is 10.1. The fourth-order valence-corrected chi connectivity index (χ4v) is 5.84. The molecule has 2 aliphatic rings. The number of hydrogen-bond donors (Lipinski definition) is 2. The van der Waals surface area contributed by atoms with E-state index in [4.69, 9.17) is 22.1 Å². The smallest absolute Gasteiger partial charge is 0.251 e. The van der Waals surface area contributed by atoms with Crippen molar-refractivity contribution in [3.8, 4) is 5.75 Å². The zero-order valence-corrected chi connectivity index (χ0v) is 19.8. The first-order chi connectivity index (χ1) is 15.4. The average molecular weight is 477 g/mol. The number of ether oxygens (including phenoxy) is 1. The van der Waals surface area contributed by atoms with Gasteiger partial charge in [0.15, 0.2) is 0 Å². The minimum absolute atomic E-state index is 0.0945. The normalized spacial score (nSPS) is 17.7. The van der Waals surface area contributed by atoms with Gasteiger partial charge in [-0.2, -0.15) is 0 Å². The van der Waals surface area contributed by atoms with E-state index in [-0.39, 0.29) is 11.9 Å². The highest BCUT2D eigenvalue weighted by atomic mass is 35.5. The third-order valence-corrected chi connectivity index (χ3v) is 7.76. The molecule has 2 aromatic rings. The molecule has 0 radical (unpaired) electrons. The highest BCUT2D eigenvalue weighted by Crippen LogP contribution is 2.39. The Morgan fingerprint density at radius 3 is 2.69 bits per heavy atom. The second-order valence-electron chi connectivity index (χ2n) is 8.25. The standard InChI is InChI=1S/C23H29ClN4O3S/c1-15(22(30)26-23-20(21(25)29)16-5-4-8-19(16)32-23)28-11-9-27(10-12-28)13-14-31-18-7-3-2-6-17(18)24/h2-3,6-7,15H,4-5,8-14H2,1H3,(H2,25,29)(H,26,30). The van der Waals surface area contributed by atoms with Crippen LogP contribution in [0.1, 0.15) is 34.1 Å². The Balaban J connectivity index is 1.25. The fraction of sp³-hybridized carbons (Fsp3) is 0.478. The van der Waals surface area contributed by atoms with Crippen molar-refractivity contribution in [2.75, 3.05) is 44.6 Å². The van der Waals surface area contributed by atoms with Crippen molar-refractivity contribution in [1.29, 1.82) is 0 Å². The molecule has 1 atom stereocenters. The number of primary amides is 1. The van der Waals surface area contributed by atoms with Crippen LogP contribution >= 0.6 is 22.9 Å². The summed E-state index contributed by atoms with van der Waals surface area (Å²) in [5.41, 5.74) is 7.14. The van der Waals surface area contributed by atoms with Gasteiger partial charge in [-0.3, -0.25) is 19.4 Å². The summed E-state index contributed by atoms with van der Waals surface area (Å²) in [5.74, 6) is 0.149. The van der Waals surface area contributed by atoms with E-state index >= 15 is 0 Å². The van der Waals surface area contributed by atoms with Crippen LogP contribution in [0.3, 0.4) is 0 Å². The van der Waals surface area contributed by atoms with Crippen LogP contribution in [0.5, 0.6) is 5.75 Å². The molecule has 1 saturated heterocycles. The van der Waals surface area contributed by atoms with Crippen LogP contribution in [0, 0.1) is 0 Å². The van der Waals surface area contributed by atoms with Gasteiger partial charge in [-0.05, 0) is 43.9 Å². The average Bonchev–Trinajstić information content (AvgIpc) is 3.35. The van der Waals surface area contributed by atoms with E-state index in [1.54, 1.807) is 0 Å². The number of benzene rings is 1. The number of fused-ring (bicyclic) bond motifs is 1. The Morgan fingerprint density at radius 1 is 1.22 bits per heavy atom. The van der Waals surface area contributed by atoms with Crippen molar-refractivity contribution in [3.63, 3.8) is 0 Å². The number of nitrogens with two attached hydrogens (primary N) is 1. The molecule has 1 fully saturated rings. The Kier molecular flexibility index (Phi) is 7.35. The molecule has 1 aromatic heterocycles. The van der Waals surface area contributed by atoms with Gasteiger partial charge in [0.25, 0.3) is 5.91 Å². The number of nitrogens with one attached hydrogen (secondary N) is 1. The fourth-order valence-electron chi connectivity index (χ4n) is 4.36. The van der Waals surface area contributed by atoms with E-state index in [0.717, 1.165) is 57.5 Å². The first-order valence-electron chi connectivity index (χ1n) is 11.0. The summed E-state index contributed by atoms with van der Waals surface area (Å²) in [7, 11) is 0. The Hall–Kier alpha value is -2.13. The minimum Gasteiger partial charge on any atom is -0.491 e. The summed E-state index contributed by atoms with van der Waals surface area (Å²) >= 11 is 7.62. The molecule has 1 unspecified atom stereocenters. The number of hydrogen-bond acceptors (Lipinski definition) is 6. The Morgan fingerprint density at radius 2 is 1.97 bits per heavy atom. The molecule has 4 rings (SSSR count). The van der Waals surface area contributed by atoms with Crippen molar-refractivity contribution in [3.05, 3.63) is 45.3 Å². The number of rotatable bonds is 8. The summed E-state index contributed by atoms with van der Waals surface area (Å²) in [6.45, 7) is 6.61. The van der Waals surface area contributed by atoms with E-state index in [2.05, 4.69) is 15.1 Å². The largest absolute Gasteiger partial charge is 0.491 e. The maximum Gasteiger partial charge on any atom is 0.251 e. The number of aryl methyl sites for hydroxylation is 1. The topological polar surface area (TPSA) is 87.9 Å². The first kappa shape index (κ1) is 23.0. The van der Waals surface area contributed by atoms with Crippen LogP contribution in [-0.2, 0) is 17.6 Å². The summed E-state index contributed by atoms with van der Waals surface area (Å²) < 4.78 is 5.79. The van der Waals surface area contributed by atoms with Crippen LogP contribution < -0.4 is 15.8 Å². The molecule has 1 aliphatic carbocycles. The van der Waals surface area contributed by atoms with Crippen LogP contribution in [-0.4, -0.2) is 67.0 Å². The monoisotopic (exact) mass is 476 g/mol. The lowest BCUT2D eigenvalue weighted by Gasteiger charge is -2.37. The predicted molar refractivity (Wildman–Crippen MR) is 128 cm³/mol. The maximum atomic E-state index is 12.9. The van der Waals surface area contributed by atoms with Gasteiger partial charge in [-0.25, -0.2) is 0 Å². The molecule has 3 N–H and O–H groups in total. The van der Waals surface area contributed by atoms with E-state index in [1.807, 2.05) is 31.2 Å². The first-order valence-corrected chi connectivity index (χ1v) is 12.2. The molecular weight excluding hydrogens is 448 g/mol. The van der Waals surface area contributed by atoms with Crippen LogP contribution in [0.15, 0.2) is 24.3 Å². The SMILES string of the molecule is CC(C(=O)Nc1sc2c(c1C(N)=O)CCC2)N1CCN(CCOc2ccccc2Cl)CC1. The van der Waals surface area contributed by atoms with E-state index in [0.29, 0.717) is 27.9 Å². The highest BCUT2D eigenvalue weighted by Gasteiger charge is 2.29. The highest BCUT2D eigenvalue weighted by molar-refractivity contribution is 7.17. The number of nitrogens with zero attached hydrogens (tertiary/aromatic N) is 2. The molecule has 0 spiro atoms. The van der Waals surface area contributed by atoms with Gasteiger partial charge in [0, 0.05) is 37.6 Å². The van der Waals surface area contributed by atoms with Crippen LogP contribution in [0.25, 0.3) is 0 Å². The molecule has 2 heterocycles. The van der Waals surface area contributed by atoms with Gasteiger partial charge in [0.2, 0.25) is 5.91 Å². The van der Waals surface area contributed by atoms with Gasteiger partial charge < -0.3 is 15.8 Å². The molecule has 9 heteroatoms. The zero-order valence-electron chi connectivity index (χ0n) is 18.2. The molecule has 2 amide bonds. The third kappa shape index (κ3) is 5.09.